The number of Topliss-reactive ketones (excluding diaryl/α,β-unsaturated/α-hetero) is 1. The molecule has 0 atom stereocenters. The van der Waals surface area contributed by atoms with Crippen LogP contribution in [-0.4, -0.2) is 16.7 Å². The first-order chi connectivity index (χ1) is 9.25. The first-order valence-electron chi connectivity index (χ1n) is 6.07. The summed E-state index contributed by atoms with van der Waals surface area (Å²) in [6.07, 6.45) is 3.05. The van der Waals surface area contributed by atoms with Crippen molar-refractivity contribution < 1.29 is 9.59 Å². The zero-order chi connectivity index (χ0) is 13.2. The van der Waals surface area contributed by atoms with Gasteiger partial charge in [-0.25, -0.2) is 0 Å². The van der Waals surface area contributed by atoms with Gasteiger partial charge in [0.05, 0.1) is 24.2 Å². The van der Waals surface area contributed by atoms with Crippen molar-refractivity contribution in [2.24, 2.45) is 0 Å². The number of carbonyl (C=O) groups excluding carboxylic acids is 2. The van der Waals surface area contributed by atoms with Gasteiger partial charge in [-0.2, -0.15) is 0 Å². The van der Waals surface area contributed by atoms with E-state index in [0.29, 0.717) is 17.8 Å². The average molecular weight is 252 g/mol. The third-order valence-corrected chi connectivity index (χ3v) is 3.19. The van der Waals surface area contributed by atoms with Crippen molar-refractivity contribution in [1.82, 2.24) is 4.98 Å². The summed E-state index contributed by atoms with van der Waals surface area (Å²) in [6, 6.07) is 11.4. The number of pyridine rings is 1. The molecule has 0 radical (unpaired) electrons. The lowest BCUT2D eigenvalue weighted by Crippen LogP contribution is -2.37. The second kappa shape index (κ2) is 4.65. The molecule has 0 bridgehead atoms. The summed E-state index contributed by atoms with van der Waals surface area (Å²) >= 11 is 0. The largest absolute Gasteiger partial charge is 0.307 e. The summed E-state index contributed by atoms with van der Waals surface area (Å²) < 4.78 is 0. The van der Waals surface area contributed by atoms with Crippen LogP contribution in [0.5, 0.6) is 0 Å². The van der Waals surface area contributed by atoms with Gasteiger partial charge in [0.1, 0.15) is 0 Å². The number of nitrogens with zero attached hydrogens (tertiary/aromatic N) is 2. The zero-order valence-corrected chi connectivity index (χ0v) is 10.2. The molecule has 3 rings (SSSR count). The molecule has 94 valence electrons. The van der Waals surface area contributed by atoms with Crippen LogP contribution in [-0.2, 0) is 11.3 Å². The van der Waals surface area contributed by atoms with E-state index in [9.17, 15) is 9.59 Å². The Morgan fingerprint density at radius 3 is 2.68 bits per heavy atom. The Hall–Kier alpha value is -2.49. The standard InChI is InChI=1S/C15H12N2O2/c18-14-8-15(19)17(10-11-4-2-1-3-5-11)13-6-7-16-9-12(13)14/h1-7,9H,8,10H2. The lowest BCUT2D eigenvalue weighted by atomic mass is 10.0. The van der Waals surface area contributed by atoms with E-state index < -0.39 is 0 Å². The fourth-order valence-electron chi connectivity index (χ4n) is 2.24. The molecule has 1 aliphatic rings. The van der Waals surface area contributed by atoms with E-state index in [1.807, 2.05) is 30.3 Å². The van der Waals surface area contributed by atoms with Gasteiger partial charge < -0.3 is 4.90 Å². The van der Waals surface area contributed by atoms with E-state index in [4.69, 9.17) is 0 Å². The highest BCUT2D eigenvalue weighted by atomic mass is 16.2. The quantitative estimate of drug-likeness (QED) is 0.770. The maximum absolute atomic E-state index is 12.1. The molecule has 1 aromatic carbocycles. The maximum atomic E-state index is 12.1. The molecule has 0 saturated carbocycles. The first kappa shape index (κ1) is 11.6. The predicted molar refractivity (Wildman–Crippen MR) is 70.8 cm³/mol. The molecule has 1 aromatic heterocycles. The summed E-state index contributed by atoms with van der Waals surface area (Å²) in [5.41, 5.74) is 2.21. The maximum Gasteiger partial charge on any atom is 0.235 e. The summed E-state index contributed by atoms with van der Waals surface area (Å²) in [5, 5.41) is 0. The van der Waals surface area contributed by atoms with Crippen molar-refractivity contribution in [3.63, 3.8) is 0 Å². The number of hydrogen-bond donors (Lipinski definition) is 0. The molecule has 1 aliphatic heterocycles. The minimum atomic E-state index is -0.160. The van der Waals surface area contributed by atoms with Gasteiger partial charge in [0.2, 0.25) is 5.91 Å². The molecule has 4 nitrogen and oxygen atoms in total. The number of benzene rings is 1. The van der Waals surface area contributed by atoms with E-state index in [1.54, 1.807) is 17.2 Å². The van der Waals surface area contributed by atoms with Gasteiger partial charge in [0.15, 0.2) is 5.78 Å². The van der Waals surface area contributed by atoms with Crippen molar-refractivity contribution in [3.05, 3.63) is 59.9 Å². The second-order valence-corrected chi connectivity index (χ2v) is 4.46. The van der Waals surface area contributed by atoms with Crippen LogP contribution in [0.25, 0.3) is 0 Å². The van der Waals surface area contributed by atoms with Crippen molar-refractivity contribution in [2.75, 3.05) is 4.90 Å². The van der Waals surface area contributed by atoms with E-state index in [0.717, 1.165) is 5.56 Å². The van der Waals surface area contributed by atoms with Gasteiger partial charge in [-0.1, -0.05) is 30.3 Å². The van der Waals surface area contributed by atoms with Crippen molar-refractivity contribution in [1.29, 1.82) is 0 Å². The number of fused-ring (bicyclic) bond motifs is 1. The van der Waals surface area contributed by atoms with Gasteiger partial charge in [-0.05, 0) is 11.6 Å². The van der Waals surface area contributed by atoms with Crippen LogP contribution in [0.4, 0.5) is 5.69 Å². The van der Waals surface area contributed by atoms with Crippen molar-refractivity contribution in [2.45, 2.75) is 13.0 Å². The number of aromatic nitrogens is 1. The number of carbonyl (C=O) groups is 2. The second-order valence-electron chi connectivity index (χ2n) is 4.46. The highest BCUT2D eigenvalue weighted by Gasteiger charge is 2.29. The number of anilines is 1. The molecule has 2 heterocycles. The smallest absolute Gasteiger partial charge is 0.235 e. The van der Waals surface area contributed by atoms with Crippen LogP contribution in [0.15, 0.2) is 48.8 Å². The van der Waals surface area contributed by atoms with Crippen LogP contribution >= 0.6 is 0 Å². The van der Waals surface area contributed by atoms with Gasteiger partial charge in [0, 0.05) is 12.4 Å². The van der Waals surface area contributed by atoms with Crippen LogP contribution in [0.3, 0.4) is 0 Å². The highest BCUT2D eigenvalue weighted by molar-refractivity contribution is 6.19. The molecule has 1 amide bonds. The summed E-state index contributed by atoms with van der Waals surface area (Å²) in [4.78, 5) is 29.5. The lowest BCUT2D eigenvalue weighted by Gasteiger charge is -2.28. The fourth-order valence-corrected chi connectivity index (χ4v) is 2.24. The molecule has 0 N–H and O–H groups in total. The van der Waals surface area contributed by atoms with Gasteiger partial charge >= 0.3 is 0 Å². The average Bonchev–Trinajstić information content (AvgIpc) is 2.45. The number of ketones is 1. The van der Waals surface area contributed by atoms with Crippen LogP contribution in [0.2, 0.25) is 0 Å². The highest BCUT2D eigenvalue weighted by Crippen LogP contribution is 2.28. The Morgan fingerprint density at radius 2 is 1.89 bits per heavy atom. The number of hydrogen-bond acceptors (Lipinski definition) is 3. The molecule has 19 heavy (non-hydrogen) atoms. The van der Waals surface area contributed by atoms with Crippen molar-refractivity contribution in [3.8, 4) is 0 Å². The van der Waals surface area contributed by atoms with Crippen LogP contribution in [0, 0.1) is 0 Å². The molecule has 0 aliphatic carbocycles. The van der Waals surface area contributed by atoms with Gasteiger partial charge in [0.25, 0.3) is 0 Å². The summed E-state index contributed by atoms with van der Waals surface area (Å²) in [5.74, 6) is -0.315. The Morgan fingerprint density at radius 1 is 1.11 bits per heavy atom. The molecule has 0 unspecified atom stereocenters. The zero-order valence-electron chi connectivity index (χ0n) is 10.2. The summed E-state index contributed by atoms with van der Waals surface area (Å²) in [6.45, 7) is 0.476. The Labute approximate surface area is 110 Å². The minimum absolute atomic E-state index is 0.0779. The van der Waals surface area contributed by atoms with Crippen LogP contribution < -0.4 is 4.90 Å². The SMILES string of the molecule is O=C1CC(=O)N(Cc2ccccc2)c2ccncc21. The molecule has 0 spiro atoms. The first-order valence-corrected chi connectivity index (χ1v) is 6.07. The van der Waals surface area contributed by atoms with Gasteiger partial charge in [-0.15, -0.1) is 0 Å². The van der Waals surface area contributed by atoms with Crippen LogP contribution in [0.1, 0.15) is 22.3 Å². The fraction of sp³-hybridized carbons (Fsp3) is 0.133. The topological polar surface area (TPSA) is 50.3 Å². The molecular weight excluding hydrogens is 240 g/mol. The number of rotatable bonds is 2. The third kappa shape index (κ3) is 2.12. The molecule has 2 aromatic rings. The Balaban J connectivity index is 1.99. The Kier molecular flexibility index (Phi) is 2.83. The monoisotopic (exact) mass is 252 g/mol. The summed E-state index contributed by atoms with van der Waals surface area (Å²) in [7, 11) is 0. The normalized spacial score (nSPS) is 14.4. The lowest BCUT2D eigenvalue weighted by molar-refractivity contribution is -0.118. The van der Waals surface area contributed by atoms with Crippen molar-refractivity contribution >= 4 is 17.4 Å². The molecular formula is C15H12N2O2. The Bertz CT molecular complexity index is 638. The molecule has 0 saturated heterocycles. The predicted octanol–water partition coefficient (Wildman–Crippen LogP) is 2.20. The van der Waals surface area contributed by atoms with E-state index >= 15 is 0 Å². The van der Waals surface area contributed by atoms with E-state index in [2.05, 4.69) is 4.98 Å². The van der Waals surface area contributed by atoms with E-state index in [1.165, 1.54) is 6.20 Å². The molecule has 4 heteroatoms. The molecule has 0 fully saturated rings. The number of amides is 1. The third-order valence-electron chi connectivity index (χ3n) is 3.19. The minimum Gasteiger partial charge on any atom is -0.307 e. The van der Waals surface area contributed by atoms with E-state index in [-0.39, 0.29) is 18.1 Å². The van der Waals surface area contributed by atoms with Gasteiger partial charge in [-0.3, -0.25) is 14.6 Å².